The van der Waals surface area contributed by atoms with E-state index in [4.69, 9.17) is 16.7 Å². The van der Waals surface area contributed by atoms with Gasteiger partial charge in [0.05, 0.1) is 11.6 Å². The first-order valence-corrected chi connectivity index (χ1v) is 5.27. The first-order valence-electron chi connectivity index (χ1n) is 4.89. The lowest BCUT2D eigenvalue weighted by atomic mass is 10.2. The first kappa shape index (κ1) is 11.2. The Kier molecular flexibility index (Phi) is 3.27. The van der Waals surface area contributed by atoms with E-state index < -0.39 is 5.82 Å². The molecule has 0 unspecified atom stereocenters. The summed E-state index contributed by atoms with van der Waals surface area (Å²) in [6.07, 6.45) is 3.63. The fraction of sp³-hybridized carbons (Fsp3) is 0.167. The minimum absolute atomic E-state index is 0.00385. The first-order chi connectivity index (χ1) is 7.70. The highest BCUT2D eigenvalue weighted by atomic mass is 35.5. The summed E-state index contributed by atoms with van der Waals surface area (Å²) in [7, 11) is 0. The molecule has 0 atom stereocenters. The molecular formula is C12H11ClFNO. The SMILES string of the molecule is OCc1ccn(Cc2cccc(F)c2Cl)c1. The Bertz CT molecular complexity index is 496. The van der Waals surface area contributed by atoms with E-state index in [0.29, 0.717) is 6.54 Å². The van der Waals surface area contributed by atoms with Crippen LogP contribution in [0.2, 0.25) is 5.02 Å². The van der Waals surface area contributed by atoms with E-state index in [2.05, 4.69) is 0 Å². The van der Waals surface area contributed by atoms with Crippen LogP contribution in [-0.4, -0.2) is 9.67 Å². The van der Waals surface area contributed by atoms with Crippen LogP contribution in [0.4, 0.5) is 4.39 Å². The second-order valence-electron chi connectivity index (χ2n) is 3.56. The van der Waals surface area contributed by atoms with Crippen LogP contribution in [-0.2, 0) is 13.2 Å². The van der Waals surface area contributed by atoms with Crippen molar-refractivity contribution in [3.05, 3.63) is 58.6 Å². The summed E-state index contributed by atoms with van der Waals surface area (Å²) in [5, 5.41) is 9.07. The zero-order chi connectivity index (χ0) is 11.5. The van der Waals surface area contributed by atoms with E-state index in [9.17, 15) is 4.39 Å². The van der Waals surface area contributed by atoms with Gasteiger partial charge in [0.15, 0.2) is 0 Å². The molecule has 0 amide bonds. The summed E-state index contributed by atoms with van der Waals surface area (Å²) in [6, 6.07) is 6.56. The lowest BCUT2D eigenvalue weighted by Gasteiger charge is -2.06. The van der Waals surface area contributed by atoms with Crippen LogP contribution in [0.1, 0.15) is 11.1 Å². The van der Waals surface area contributed by atoms with Crippen molar-refractivity contribution in [2.45, 2.75) is 13.2 Å². The Morgan fingerprint density at radius 3 is 2.81 bits per heavy atom. The molecule has 0 aliphatic rings. The summed E-state index contributed by atoms with van der Waals surface area (Å²) >= 11 is 5.85. The third-order valence-corrected chi connectivity index (χ3v) is 2.80. The van der Waals surface area contributed by atoms with Crippen LogP contribution in [0.15, 0.2) is 36.7 Å². The average molecular weight is 240 g/mol. The summed E-state index contributed by atoms with van der Waals surface area (Å²) in [5.74, 6) is -0.409. The topological polar surface area (TPSA) is 25.2 Å². The number of hydrogen-bond donors (Lipinski definition) is 1. The van der Waals surface area contributed by atoms with Crippen molar-refractivity contribution in [2.24, 2.45) is 0 Å². The highest BCUT2D eigenvalue weighted by molar-refractivity contribution is 6.31. The van der Waals surface area contributed by atoms with Crippen molar-refractivity contribution < 1.29 is 9.50 Å². The molecule has 0 radical (unpaired) electrons. The van der Waals surface area contributed by atoms with Gasteiger partial charge in [0, 0.05) is 18.9 Å². The van der Waals surface area contributed by atoms with E-state index in [1.807, 2.05) is 16.8 Å². The average Bonchev–Trinajstić information content (AvgIpc) is 2.73. The second kappa shape index (κ2) is 4.68. The minimum atomic E-state index is -0.409. The van der Waals surface area contributed by atoms with E-state index in [1.165, 1.54) is 6.07 Å². The number of aromatic nitrogens is 1. The highest BCUT2D eigenvalue weighted by Gasteiger charge is 2.06. The maximum absolute atomic E-state index is 13.2. The van der Waals surface area contributed by atoms with Crippen LogP contribution in [0, 0.1) is 5.82 Å². The quantitative estimate of drug-likeness (QED) is 0.876. The molecule has 1 aromatic heterocycles. The van der Waals surface area contributed by atoms with Crippen molar-refractivity contribution in [3.63, 3.8) is 0 Å². The normalized spacial score (nSPS) is 10.7. The predicted octanol–water partition coefficient (Wildman–Crippen LogP) is 2.82. The molecule has 0 spiro atoms. The number of hydrogen-bond acceptors (Lipinski definition) is 1. The van der Waals surface area contributed by atoms with Gasteiger partial charge in [0.25, 0.3) is 0 Å². The van der Waals surface area contributed by atoms with Crippen molar-refractivity contribution in [2.75, 3.05) is 0 Å². The Hall–Kier alpha value is -1.32. The Labute approximate surface area is 97.9 Å². The van der Waals surface area contributed by atoms with Gasteiger partial charge in [-0.3, -0.25) is 0 Å². The standard InChI is InChI=1S/C12H11ClFNO/c13-12-10(2-1-3-11(12)14)7-15-5-4-9(6-15)8-16/h1-6,16H,7-8H2. The van der Waals surface area contributed by atoms with Gasteiger partial charge in [-0.15, -0.1) is 0 Å². The van der Waals surface area contributed by atoms with Gasteiger partial charge >= 0.3 is 0 Å². The van der Waals surface area contributed by atoms with Gasteiger partial charge in [-0.2, -0.15) is 0 Å². The Morgan fingerprint density at radius 1 is 1.31 bits per heavy atom. The Balaban J connectivity index is 2.23. The minimum Gasteiger partial charge on any atom is -0.392 e. The van der Waals surface area contributed by atoms with Crippen LogP contribution in [0.25, 0.3) is 0 Å². The Morgan fingerprint density at radius 2 is 2.12 bits per heavy atom. The molecule has 0 fully saturated rings. The monoisotopic (exact) mass is 239 g/mol. The molecule has 2 rings (SSSR count). The molecule has 1 N–H and O–H groups in total. The molecule has 0 aliphatic heterocycles. The number of nitrogens with zero attached hydrogens (tertiary/aromatic N) is 1. The molecule has 1 aromatic carbocycles. The van der Waals surface area contributed by atoms with Gasteiger partial charge in [-0.1, -0.05) is 23.7 Å². The van der Waals surface area contributed by atoms with Gasteiger partial charge in [-0.05, 0) is 23.3 Å². The van der Waals surface area contributed by atoms with Crippen molar-refractivity contribution in [3.8, 4) is 0 Å². The summed E-state index contributed by atoms with van der Waals surface area (Å²) in [5.41, 5.74) is 1.55. The maximum atomic E-state index is 13.2. The molecule has 4 heteroatoms. The fourth-order valence-electron chi connectivity index (χ4n) is 1.55. The highest BCUT2D eigenvalue weighted by Crippen LogP contribution is 2.20. The second-order valence-corrected chi connectivity index (χ2v) is 3.94. The van der Waals surface area contributed by atoms with Gasteiger partial charge in [0.2, 0.25) is 0 Å². The predicted molar refractivity (Wildman–Crippen MR) is 60.9 cm³/mol. The molecule has 0 saturated heterocycles. The van der Waals surface area contributed by atoms with Gasteiger partial charge in [0.1, 0.15) is 5.82 Å². The van der Waals surface area contributed by atoms with Crippen LogP contribution < -0.4 is 0 Å². The molecule has 0 saturated carbocycles. The molecule has 1 heterocycles. The largest absolute Gasteiger partial charge is 0.392 e. The van der Waals surface area contributed by atoms with Crippen LogP contribution in [0.3, 0.4) is 0 Å². The molecule has 2 aromatic rings. The number of halogens is 2. The zero-order valence-electron chi connectivity index (χ0n) is 8.53. The molecule has 0 bridgehead atoms. The van der Waals surface area contributed by atoms with E-state index in [0.717, 1.165) is 11.1 Å². The molecular weight excluding hydrogens is 229 g/mol. The molecule has 16 heavy (non-hydrogen) atoms. The van der Waals surface area contributed by atoms with Gasteiger partial charge < -0.3 is 9.67 Å². The summed E-state index contributed by atoms with van der Waals surface area (Å²) < 4.78 is 15.0. The van der Waals surface area contributed by atoms with E-state index in [1.54, 1.807) is 18.3 Å². The number of benzene rings is 1. The zero-order valence-corrected chi connectivity index (χ0v) is 9.28. The lowest BCUT2D eigenvalue weighted by Crippen LogP contribution is -1.98. The van der Waals surface area contributed by atoms with E-state index >= 15 is 0 Å². The van der Waals surface area contributed by atoms with Gasteiger partial charge in [-0.25, -0.2) is 4.39 Å². The molecule has 0 aliphatic carbocycles. The van der Waals surface area contributed by atoms with Crippen molar-refractivity contribution in [1.82, 2.24) is 4.57 Å². The summed E-state index contributed by atoms with van der Waals surface area (Å²) in [6.45, 7) is 0.500. The van der Waals surface area contributed by atoms with Crippen LogP contribution >= 0.6 is 11.6 Å². The van der Waals surface area contributed by atoms with Crippen LogP contribution in [0.5, 0.6) is 0 Å². The molecule has 2 nitrogen and oxygen atoms in total. The number of aliphatic hydroxyl groups excluding tert-OH is 1. The fourth-order valence-corrected chi connectivity index (χ4v) is 1.74. The number of rotatable bonds is 3. The summed E-state index contributed by atoms with van der Waals surface area (Å²) in [4.78, 5) is 0. The lowest BCUT2D eigenvalue weighted by molar-refractivity contribution is 0.282. The van der Waals surface area contributed by atoms with Crippen molar-refractivity contribution >= 4 is 11.6 Å². The maximum Gasteiger partial charge on any atom is 0.142 e. The smallest absolute Gasteiger partial charge is 0.142 e. The van der Waals surface area contributed by atoms with Crippen molar-refractivity contribution in [1.29, 1.82) is 0 Å². The molecule has 84 valence electrons. The third-order valence-electron chi connectivity index (χ3n) is 2.38. The van der Waals surface area contributed by atoms with E-state index in [-0.39, 0.29) is 11.6 Å². The number of aliphatic hydroxyl groups is 1. The third kappa shape index (κ3) is 2.26.